The molecule has 0 atom stereocenters. The Hall–Kier alpha value is -1.07. The number of thiophene rings is 1. The van der Waals surface area contributed by atoms with Gasteiger partial charge < -0.3 is 14.9 Å². The molecule has 102 valence electrons. The van der Waals surface area contributed by atoms with E-state index in [4.69, 9.17) is 9.84 Å². The second-order valence-corrected chi connectivity index (χ2v) is 6.30. The van der Waals surface area contributed by atoms with Crippen LogP contribution < -0.4 is 4.74 Å². The molecule has 1 heterocycles. The molecule has 2 N–H and O–H groups in total. The van der Waals surface area contributed by atoms with Crippen LogP contribution in [0.3, 0.4) is 0 Å². The first-order valence-corrected chi connectivity index (χ1v) is 6.74. The third-order valence-electron chi connectivity index (χ3n) is 2.45. The lowest BCUT2D eigenvalue weighted by molar-refractivity contribution is 0.0550. The topological polar surface area (TPSA) is 66.8 Å². The van der Waals surface area contributed by atoms with Crippen molar-refractivity contribution in [3.8, 4) is 5.75 Å². The van der Waals surface area contributed by atoms with E-state index in [9.17, 15) is 9.90 Å². The average Bonchev–Trinajstić information content (AvgIpc) is 2.59. The maximum absolute atomic E-state index is 11.1. The van der Waals surface area contributed by atoms with Gasteiger partial charge in [-0.25, -0.2) is 4.79 Å². The van der Waals surface area contributed by atoms with E-state index in [-0.39, 0.29) is 10.8 Å². The summed E-state index contributed by atoms with van der Waals surface area (Å²) in [5.41, 5.74) is -0.805. The van der Waals surface area contributed by atoms with E-state index in [1.54, 1.807) is 19.9 Å². The molecule has 0 saturated heterocycles. The van der Waals surface area contributed by atoms with Gasteiger partial charge in [0.15, 0.2) is 4.88 Å². The monoisotopic (exact) mass is 272 g/mol. The minimum atomic E-state index is -0.967. The third kappa shape index (κ3) is 4.31. The van der Waals surface area contributed by atoms with Crippen molar-refractivity contribution >= 4 is 17.3 Å². The van der Waals surface area contributed by atoms with Gasteiger partial charge in [0.25, 0.3) is 0 Å². The number of rotatable bonds is 6. The van der Waals surface area contributed by atoms with Crippen LogP contribution in [0.1, 0.15) is 54.6 Å². The SMILES string of the molecule is CC(C)c1cc(OCCC(C)(C)O)c(C(=O)O)s1. The van der Waals surface area contributed by atoms with Crippen LogP contribution in [0.5, 0.6) is 5.75 Å². The van der Waals surface area contributed by atoms with Crippen LogP contribution >= 0.6 is 11.3 Å². The molecule has 0 bridgehead atoms. The van der Waals surface area contributed by atoms with Crippen LogP contribution in [0.4, 0.5) is 0 Å². The van der Waals surface area contributed by atoms with Crippen LogP contribution in [0.25, 0.3) is 0 Å². The van der Waals surface area contributed by atoms with Crippen LogP contribution in [0, 0.1) is 0 Å². The summed E-state index contributed by atoms with van der Waals surface area (Å²) in [5, 5.41) is 18.7. The predicted octanol–water partition coefficient (Wildman–Crippen LogP) is 3.11. The lowest BCUT2D eigenvalue weighted by Gasteiger charge is -2.16. The Kier molecular flexibility index (Phi) is 4.76. The second kappa shape index (κ2) is 5.71. The van der Waals surface area contributed by atoms with Crippen molar-refractivity contribution in [2.75, 3.05) is 6.61 Å². The van der Waals surface area contributed by atoms with Crippen molar-refractivity contribution in [1.82, 2.24) is 0 Å². The van der Waals surface area contributed by atoms with Gasteiger partial charge in [0.2, 0.25) is 0 Å². The number of aliphatic hydroxyl groups is 1. The highest BCUT2D eigenvalue weighted by molar-refractivity contribution is 7.14. The van der Waals surface area contributed by atoms with E-state index in [1.807, 2.05) is 13.8 Å². The normalized spacial score (nSPS) is 11.9. The molecule has 0 radical (unpaired) electrons. The minimum Gasteiger partial charge on any atom is -0.492 e. The van der Waals surface area contributed by atoms with Gasteiger partial charge in [0.05, 0.1) is 12.2 Å². The van der Waals surface area contributed by atoms with Gasteiger partial charge in [0, 0.05) is 11.3 Å². The van der Waals surface area contributed by atoms with Crippen molar-refractivity contribution < 1.29 is 19.7 Å². The fourth-order valence-corrected chi connectivity index (χ4v) is 2.29. The molecule has 1 aromatic rings. The summed E-state index contributed by atoms with van der Waals surface area (Å²) < 4.78 is 5.47. The Labute approximate surface area is 111 Å². The Bertz CT molecular complexity index is 415. The highest BCUT2D eigenvalue weighted by atomic mass is 32.1. The number of carboxylic acid groups (broad SMARTS) is 1. The zero-order valence-electron chi connectivity index (χ0n) is 11.2. The molecule has 0 unspecified atom stereocenters. The smallest absolute Gasteiger partial charge is 0.349 e. The fraction of sp³-hybridized carbons (Fsp3) is 0.615. The van der Waals surface area contributed by atoms with Gasteiger partial charge in [-0.15, -0.1) is 11.3 Å². The lowest BCUT2D eigenvalue weighted by Crippen LogP contribution is -2.22. The minimum absolute atomic E-state index is 0.231. The van der Waals surface area contributed by atoms with E-state index < -0.39 is 11.6 Å². The molecule has 1 aromatic heterocycles. The van der Waals surface area contributed by atoms with E-state index in [1.165, 1.54) is 11.3 Å². The number of carbonyl (C=O) groups is 1. The van der Waals surface area contributed by atoms with Crippen molar-refractivity contribution in [3.05, 3.63) is 15.8 Å². The van der Waals surface area contributed by atoms with Crippen LogP contribution in [0.15, 0.2) is 6.07 Å². The lowest BCUT2D eigenvalue weighted by atomic mass is 10.1. The van der Waals surface area contributed by atoms with Gasteiger partial charge >= 0.3 is 5.97 Å². The molecule has 0 aliphatic carbocycles. The molecule has 18 heavy (non-hydrogen) atoms. The predicted molar refractivity (Wildman–Crippen MR) is 71.8 cm³/mol. The Morgan fingerprint density at radius 2 is 2.11 bits per heavy atom. The highest BCUT2D eigenvalue weighted by Crippen LogP contribution is 2.34. The van der Waals surface area contributed by atoms with Crippen molar-refractivity contribution in [2.45, 2.75) is 45.6 Å². The van der Waals surface area contributed by atoms with Crippen molar-refractivity contribution in [1.29, 1.82) is 0 Å². The fourth-order valence-electron chi connectivity index (χ4n) is 1.34. The second-order valence-electron chi connectivity index (χ2n) is 5.21. The zero-order chi connectivity index (χ0) is 13.9. The molecule has 0 spiro atoms. The average molecular weight is 272 g/mol. The number of carboxylic acids is 1. The molecule has 0 aliphatic heterocycles. The molecule has 0 saturated carbocycles. The summed E-state index contributed by atoms with van der Waals surface area (Å²) in [6, 6.07) is 1.78. The van der Waals surface area contributed by atoms with E-state index in [2.05, 4.69) is 0 Å². The van der Waals surface area contributed by atoms with Crippen molar-refractivity contribution in [3.63, 3.8) is 0 Å². The van der Waals surface area contributed by atoms with E-state index in [0.29, 0.717) is 18.8 Å². The summed E-state index contributed by atoms with van der Waals surface area (Å²) in [7, 11) is 0. The standard InChI is InChI=1S/C13H20O4S/c1-8(2)10-7-9(11(18-10)12(14)15)17-6-5-13(3,4)16/h7-8,16H,5-6H2,1-4H3,(H,14,15). The van der Waals surface area contributed by atoms with Gasteiger partial charge in [-0.2, -0.15) is 0 Å². The summed E-state index contributed by atoms with van der Waals surface area (Å²) >= 11 is 1.25. The Morgan fingerprint density at radius 3 is 2.56 bits per heavy atom. The van der Waals surface area contributed by atoms with Crippen LogP contribution in [0.2, 0.25) is 0 Å². The molecular formula is C13H20O4S. The zero-order valence-corrected chi connectivity index (χ0v) is 12.0. The first-order chi connectivity index (χ1) is 8.20. The summed E-state index contributed by atoms with van der Waals surface area (Å²) in [6.07, 6.45) is 0.457. The molecule has 5 heteroatoms. The van der Waals surface area contributed by atoms with E-state index >= 15 is 0 Å². The van der Waals surface area contributed by atoms with Crippen molar-refractivity contribution in [2.24, 2.45) is 0 Å². The van der Waals surface area contributed by atoms with Gasteiger partial charge in [-0.1, -0.05) is 13.8 Å². The Balaban J connectivity index is 2.77. The number of ether oxygens (including phenoxy) is 1. The van der Waals surface area contributed by atoms with E-state index in [0.717, 1.165) is 4.88 Å². The van der Waals surface area contributed by atoms with Crippen LogP contribution in [-0.4, -0.2) is 28.4 Å². The first-order valence-electron chi connectivity index (χ1n) is 5.93. The molecule has 0 aromatic carbocycles. The maximum atomic E-state index is 11.1. The highest BCUT2D eigenvalue weighted by Gasteiger charge is 2.19. The Morgan fingerprint density at radius 1 is 1.50 bits per heavy atom. The van der Waals surface area contributed by atoms with Gasteiger partial charge in [-0.05, 0) is 25.8 Å². The molecular weight excluding hydrogens is 252 g/mol. The molecule has 4 nitrogen and oxygen atoms in total. The first kappa shape index (κ1) is 15.0. The largest absolute Gasteiger partial charge is 0.492 e. The number of hydrogen-bond donors (Lipinski definition) is 2. The molecule has 1 rings (SSSR count). The molecule has 0 amide bonds. The quantitative estimate of drug-likeness (QED) is 0.835. The maximum Gasteiger partial charge on any atom is 0.349 e. The third-order valence-corrected chi connectivity index (χ3v) is 3.86. The van der Waals surface area contributed by atoms with Gasteiger partial charge in [-0.3, -0.25) is 0 Å². The summed E-state index contributed by atoms with van der Waals surface area (Å²) in [6.45, 7) is 7.72. The number of aromatic carboxylic acids is 1. The summed E-state index contributed by atoms with van der Waals surface area (Å²) in [5.74, 6) is -0.287. The molecule has 0 fully saturated rings. The summed E-state index contributed by atoms with van der Waals surface area (Å²) in [4.78, 5) is 12.3. The van der Waals surface area contributed by atoms with Gasteiger partial charge in [0.1, 0.15) is 5.75 Å². The molecule has 0 aliphatic rings. The van der Waals surface area contributed by atoms with Crippen LogP contribution in [-0.2, 0) is 0 Å². The number of hydrogen-bond acceptors (Lipinski definition) is 4.